The highest BCUT2D eigenvalue weighted by molar-refractivity contribution is 5.78. The van der Waals surface area contributed by atoms with Gasteiger partial charge in [0.05, 0.1) is 6.54 Å². The number of nitrogens with zero attached hydrogens (tertiary/aromatic N) is 3. The quantitative estimate of drug-likeness (QED) is 0.222. The van der Waals surface area contributed by atoms with Crippen molar-refractivity contribution in [2.24, 2.45) is 0 Å². The fraction of sp³-hybridized carbons (Fsp3) is 0.850. The second kappa shape index (κ2) is 12.8. The predicted octanol–water partition coefficient (Wildman–Crippen LogP) is -0.424. The van der Waals surface area contributed by atoms with E-state index in [4.69, 9.17) is 5.11 Å². The highest BCUT2D eigenvalue weighted by atomic mass is 16.5. The molecule has 0 aliphatic carbocycles. The average molecular weight is 425 g/mol. The molecule has 2 fully saturated rings. The molecule has 0 aromatic carbocycles. The van der Waals surface area contributed by atoms with Crippen LogP contribution in [0.15, 0.2) is 0 Å². The summed E-state index contributed by atoms with van der Waals surface area (Å²) in [6, 6.07) is 0.459. The Morgan fingerprint density at radius 1 is 0.931 bits per heavy atom. The molecule has 9 heteroatoms. The Bertz CT molecular complexity index is 537. The number of piperazine rings is 1. The normalized spacial score (nSPS) is 21.2. The molecule has 1 atom stereocenters. The van der Waals surface area contributed by atoms with Gasteiger partial charge in [0, 0.05) is 64.7 Å². The minimum Gasteiger partial charge on any atom is -0.481 e. The van der Waals surface area contributed by atoms with Crippen LogP contribution in [-0.2, 0) is 14.4 Å². The lowest BCUT2D eigenvalue weighted by Gasteiger charge is -2.36. The molecule has 1 unspecified atom stereocenters. The lowest BCUT2D eigenvalue weighted by atomic mass is 10.3. The largest absolute Gasteiger partial charge is 0.481 e. The number of aliphatic carboxylic acids is 1. The van der Waals surface area contributed by atoms with E-state index < -0.39 is 5.97 Å². The molecular formula is C20H37N5O4. The van der Waals surface area contributed by atoms with Crippen molar-refractivity contribution in [2.45, 2.75) is 44.6 Å². The number of rotatable bonds is 12. The Morgan fingerprint density at radius 3 is 2.28 bits per heavy atom. The predicted molar refractivity (Wildman–Crippen MR) is 111 cm³/mol. The van der Waals surface area contributed by atoms with Crippen molar-refractivity contribution in [3.63, 3.8) is 0 Å². The number of likely N-dealkylation sites (N-methyl/N-ethyl adjacent to an activating group) is 1. The van der Waals surface area contributed by atoms with Gasteiger partial charge in [-0.15, -0.1) is 0 Å². The SMILES string of the molecule is C[15N]1CCN([13CH2]C2CCC[15N]2CC(=O)N[13CH2][13CH2][13CH2][13C](=O)[15NH][13CH2][13CH2][13CH2][13C](=O)O)[13CH2][13CH2]1. The van der Waals surface area contributed by atoms with Crippen LogP contribution < -0.4 is 10.6 Å². The van der Waals surface area contributed by atoms with Crippen LogP contribution in [0.4, 0.5) is 0 Å². The highest BCUT2D eigenvalue weighted by Crippen LogP contribution is 2.18. The molecule has 3 N–H and O–H groups in total. The van der Waals surface area contributed by atoms with Crippen LogP contribution in [0.1, 0.15) is 38.5 Å². The minimum absolute atomic E-state index is 0.0251. The van der Waals surface area contributed by atoms with Crippen molar-refractivity contribution in [3.8, 4) is 0 Å². The van der Waals surface area contributed by atoms with Crippen LogP contribution in [-0.4, -0.2) is 110 Å². The lowest BCUT2D eigenvalue weighted by molar-refractivity contribution is -0.137. The van der Waals surface area contributed by atoms with E-state index in [-0.39, 0.29) is 18.2 Å². The Kier molecular flexibility index (Phi) is 10.4. The molecule has 2 rings (SSSR count). The van der Waals surface area contributed by atoms with E-state index in [0.29, 0.717) is 44.9 Å². The molecule has 29 heavy (non-hydrogen) atoms. The third-order valence-electron chi connectivity index (χ3n) is 5.70. The Hall–Kier alpha value is -1.71. The summed E-state index contributed by atoms with van der Waals surface area (Å²) in [6.07, 6.45) is 3.71. The average Bonchev–Trinajstić information content (AvgIpc) is 3.10. The molecule has 2 aliphatic rings. The maximum atomic E-state index is 12.3. The minimum atomic E-state index is -0.856. The molecule has 9 nitrogen and oxygen atoms in total. The zero-order valence-corrected chi connectivity index (χ0v) is 17.7. The monoisotopic (exact) mass is 425 g/mol. The van der Waals surface area contributed by atoms with Gasteiger partial charge in [-0.2, -0.15) is 0 Å². The van der Waals surface area contributed by atoms with Crippen LogP contribution in [0.3, 0.4) is 0 Å². The third kappa shape index (κ3) is 9.56. The van der Waals surface area contributed by atoms with Gasteiger partial charge in [0.15, 0.2) is 0 Å². The summed E-state index contributed by atoms with van der Waals surface area (Å²) < 4.78 is 0. The van der Waals surface area contributed by atoms with Gasteiger partial charge in [0.2, 0.25) is 11.8 Å². The number of carboxylic acids is 1. The van der Waals surface area contributed by atoms with Crippen molar-refractivity contribution in [3.05, 3.63) is 0 Å². The first-order valence-electron chi connectivity index (χ1n) is 10.8. The van der Waals surface area contributed by atoms with E-state index in [1.165, 1.54) is 0 Å². The summed E-state index contributed by atoms with van der Waals surface area (Å²) in [5.41, 5.74) is 0. The summed E-state index contributed by atoms with van der Waals surface area (Å²) in [6.45, 7) is 7.74. The Labute approximate surface area is 173 Å². The van der Waals surface area contributed by atoms with Gasteiger partial charge >= 0.3 is 5.97 Å². The number of nitrogens with one attached hydrogen (secondary N) is 2. The van der Waals surface area contributed by atoms with Crippen LogP contribution in [0.5, 0.6) is 0 Å². The van der Waals surface area contributed by atoms with Gasteiger partial charge in [-0.05, 0) is 39.3 Å². The highest BCUT2D eigenvalue weighted by Gasteiger charge is 2.28. The topological polar surface area (TPSA) is 105 Å². The van der Waals surface area contributed by atoms with Crippen LogP contribution in [0, 0.1) is 0 Å². The summed E-state index contributed by atoms with van der Waals surface area (Å²) in [5, 5.41) is 14.2. The van der Waals surface area contributed by atoms with E-state index in [0.717, 1.165) is 52.1 Å². The summed E-state index contributed by atoms with van der Waals surface area (Å²) in [4.78, 5) is 41.5. The number of hydrogen-bond donors (Lipinski definition) is 3. The van der Waals surface area contributed by atoms with Crippen LogP contribution >= 0.6 is 0 Å². The molecule has 2 heterocycles. The zero-order chi connectivity index (χ0) is 21.1. The number of carbonyl (C=O) groups excluding carboxylic acids is 2. The van der Waals surface area contributed by atoms with Crippen molar-refractivity contribution in [1.29, 1.82) is 0 Å². The van der Waals surface area contributed by atoms with E-state index >= 15 is 0 Å². The first-order valence-corrected chi connectivity index (χ1v) is 10.8. The van der Waals surface area contributed by atoms with Gasteiger partial charge < -0.3 is 20.6 Å². The first kappa shape index (κ1) is 23.6. The molecule has 2 amide bonds. The number of carboxylic acid groups (broad SMARTS) is 1. The maximum Gasteiger partial charge on any atom is 0.303 e. The van der Waals surface area contributed by atoms with Crippen LogP contribution in [0.2, 0.25) is 0 Å². The molecule has 2 saturated heterocycles. The smallest absolute Gasteiger partial charge is 0.303 e. The number of likely N-dealkylation sites (tertiary alicyclic amines) is 1. The second-order valence-electron chi connectivity index (χ2n) is 8.17. The molecular weight excluding hydrogens is 388 g/mol. The van der Waals surface area contributed by atoms with E-state index in [2.05, 4.69) is 32.4 Å². The summed E-state index contributed by atoms with van der Waals surface area (Å²) in [7, 11) is 2.16. The van der Waals surface area contributed by atoms with Crippen LogP contribution in [0.25, 0.3) is 0 Å². The van der Waals surface area contributed by atoms with Crippen molar-refractivity contribution in [1.82, 2.24) is 25.3 Å². The molecule has 166 valence electrons. The second-order valence-corrected chi connectivity index (χ2v) is 8.17. The van der Waals surface area contributed by atoms with E-state index in [9.17, 15) is 14.4 Å². The lowest BCUT2D eigenvalue weighted by Crippen LogP contribution is -2.50. The number of amides is 2. The van der Waals surface area contributed by atoms with Crippen molar-refractivity contribution >= 4 is 17.8 Å². The fourth-order valence-corrected chi connectivity index (χ4v) is 3.91. The Morgan fingerprint density at radius 2 is 1.59 bits per heavy atom. The Balaban J connectivity index is 1.55. The van der Waals surface area contributed by atoms with Gasteiger partial charge in [-0.3, -0.25) is 24.2 Å². The maximum absolute atomic E-state index is 12.3. The molecule has 0 radical (unpaired) electrons. The molecule has 0 aromatic heterocycles. The molecule has 2 aliphatic heterocycles. The van der Waals surface area contributed by atoms with Gasteiger partial charge in [0.25, 0.3) is 0 Å². The zero-order valence-electron chi connectivity index (χ0n) is 17.7. The van der Waals surface area contributed by atoms with Crippen molar-refractivity contribution in [2.75, 3.05) is 66.0 Å². The molecule has 0 spiro atoms. The van der Waals surface area contributed by atoms with Gasteiger partial charge in [0.1, 0.15) is 0 Å². The van der Waals surface area contributed by atoms with E-state index in [1.54, 1.807) is 0 Å². The van der Waals surface area contributed by atoms with Crippen molar-refractivity contribution < 1.29 is 19.5 Å². The van der Waals surface area contributed by atoms with Gasteiger partial charge in [-0.25, -0.2) is 0 Å². The van der Waals surface area contributed by atoms with E-state index in [1.807, 2.05) is 0 Å². The summed E-state index contributed by atoms with van der Waals surface area (Å²) in [5.74, 6) is -0.931. The number of carbonyl (C=O) groups is 3. The molecule has 0 aromatic rings. The summed E-state index contributed by atoms with van der Waals surface area (Å²) >= 11 is 0. The molecule has 0 bridgehead atoms. The molecule has 0 saturated carbocycles. The standard InChI is InChI=1S/C20H37N5O4/c1-23-11-13-24(14-12-23)15-17-5-4-10-25(17)16-19(27)22-8-2-6-18(26)21-9-3-7-20(28)29/h17H,2-16H2,1H3,(H,21,26)(H,22,27)(H,28,29)/i2+1,3+1,6+1,7+1,8+1,9+1,11+1,13+1,15+1,18+1,20+1,21+1,23+1,25+1. The number of hydrogen-bond acceptors (Lipinski definition) is 6. The van der Waals surface area contributed by atoms with Gasteiger partial charge in [-0.1, -0.05) is 0 Å². The fourth-order valence-electron chi connectivity index (χ4n) is 3.91. The first-order chi connectivity index (χ1) is 13.9. The third-order valence-corrected chi connectivity index (χ3v) is 5.70.